The van der Waals surface area contributed by atoms with E-state index in [4.69, 9.17) is 10.5 Å². The maximum Gasteiger partial charge on any atom is 0.0593 e. The molecule has 1 rings (SSSR count). The maximum atomic E-state index is 5.71. The lowest BCUT2D eigenvalue weighted by Crippen LogP contribution is -2.36. The van der Waals surface area contributed by atoms with E-state index in [9.17, 15) is 0 Å². The molecule has 0 saturated carbocycles. The van der Waals surface area contributed by atoms with Crippen molar-refractivity contribution in [2.75, 3.05) is 59.0 Å². The lowest BCUT2D eigenvalue weighted by atomic mass is 10.1. The van der Waals surface area contributed by atoms with Crippen molar-refractivity contribution < 1.29 is 4.74 Å². The molecule has 0 aliphatic carbocycles. The molecular formula is C15H33N3O. The molecule has 0 aromatic heterocycles. The first kappa shape index (κ1) is 16.9. The first-order valence-electron chi connectivity index (χ1n) is 7.84. The molecule has 1 atom stereocenters. The molecule has 1 unspecified atom stereocenters. The Balaban J connectivity index is 2.15. The molecule has 114 valence electrons. The van der Waals surface area contributed by atoms with Gasteiger partial charge in [0.1, 0.15) is 0 Å². The second kappa shape index (κ2) is 9.70. The summed E-state index contributed by atoms with van der Waals surface area (Å²) in [4.78, 5) is 5.10. The van der Waals surface area contributed by atoms with Crippen LogP contribution in [-0.2, 0) is 4.74 Å². The molecule has 0 aromatic rings. The highest BCUT2D eigenvalue weighted by Gasteiger charge is 2.15. The van der Waals surface area contributed by atoms with E-state index in [0.717, 1.165) is 32.8 Å². The maximum absolute atomic E-state index is 5.71. The van der Waals surface area contributed by atoms with Gasteiger partial charge in [-0.2, -0.15) is 0 Å². The normalized spacial score (nSPS) is 20.7. The minimum absolute atomic E-state index is 0.612. The Bertz CT molecular complexity index is 223. The third-order valence-corrected chi connectivity index (χ3v) is 3.66. The van der Waals surface area contributed by atoms with E-state index < -0.39 is 0 Å². The summed E-state index contributed by atoms with van der Waals surface area (Å²) in [5.41, 5.74) is 5.71. The van der Waals surface area contributed by atoms with Gasteiger partial charge >= 0.3 is 0 Å². The minimum atomic E-state index is 0.612. The fourth-order valence-electron chi connectivity index (χ4n) is 2.46. The first-order valence-corrected chi connectivity index (χ1v) is 7.84. The van der Waals surface area contributed by atoms with Crippen molar-refractivity contribution >= 4 is 0 Å². The van der Waals surface area contributed by atoms with Crippen LogP contribution in [0.4, 0.5) is 0 Å². The van der Waals surface area contributed by atoms with Crippen LogP contribution in [0.25, 0.3) is 0 Å². The summed E-state index contributed by atoms with van der Waals surface area (Å²) in [7, 11) is 0. The number of nitrogens with zero attached hydrogens (tertiary/aromatic N) is 2. The monoisotopic (exact) mass is 271 g/mol. The first-order chi connectivity index (χ1) is 9.11. The Morgan fingerprint density at radius 3 is 2.42 bits per heavy atom. The zero-order chi connectivity index (χ0) is 14.1. The number of hydrogen-bond acceptors (Lipinski definition) is 4. The average molecular weight is 271 g/mol. The molecule has 2 N–H and O–H groups in total. The molecule has 0 amide bonds. The highest BCUT2D eigenvalue weighted by Crippen LogP contribution is 2.06. The van der Waals surface area contributed by atoms with Crippen molar-refractivity contribution in [3.8, 4) is 0 Å². The zero-order valence-corrected chi connectivity index (χ0v) is 13.1. The quantitative estimate of drug-likeness (QED) is 0.675. The number of ether oxygens (including phenoxy) is 1. The summed E-state index contributed by atoms with van der Waals surface area (Å²) >= 11 is 0. The largest absolute Gasteiger partial charge is 0.380 e. The summed E-state index contributed by atoms with van der Waals surface area (Å²) < 4.78 is 5.68. The predicted octanol–water partition coefficient (Wildman–Crippen LogP) is 1.26. The van der Waals surface area contributed by atoms with E-state index in [-0.39, 0.29) is 0 Å². The van der Waals surface area contributed by atoms with Gasteiger partial charge in [0.25, 0.3) is 0 Å². The highest BCUT2D eigenvalue weighted by molar-refractivity contribution is 4.71. The molecule has 19 heavy (non-hydrogen) atoms. The number of hydrogen-bond donors (Lipinski definition) is 1. The van der Waals surface area contributed by atoms with Gasteiger partial charge in [0.05, 0.1) is 6.61 Å². The SMILES string of the molecule is CC(C)COCCN1CCCN(CC(C)CN)CC1. The van der Waals surface area contributed by atoms with Gasteiger partial charge in [-0.1, -0.05) is 20.8 Å². The zero-order valence-electron chi connectivity index (χ0n) is 13.1. The molecular weight excluding hydrogens is 238 g/mol. The van der Waals surface area contributed by atoms with E-state index >= 15 is 0 Å². The van der Waals surface area contributed by atoms with E-state index in [1.165, 1.54) is 32.6 Å². The average Bonchev–Trinajstić information content (AvgIpc) is 2.60. The Morgan fingerprint density at radius 2 is 1.74 bits per heavy atom. The summed E-state index contributed by atoms with van der Waals surface area (Å²) in [6.45, 7) is 16.2. The molecule has 0 radical (unpaired) electrons. The summed E-state index contributed by atoms with van der Waals surface area (Å²) in [5.74, 6) is 1.25. The van der Waals surface area contributed by atoms with Gasteiger partial charge in [-0.15, -0.1) is 0 Å². The topological polar surface area (TPSA) is 41.7 Å². The van der Waals surface area contributed by atoms with Gasteiger partial charge in [0.2, 0.25) is 0 Å². The summed E-state index contributed by atoms with van der Waals surface area (Å²) in [6.07, 6.45) is 1.27. The molecule has 1 aliphatic rings. The van der Waals surface area contributed by atoms with Crippen LogP contribution < -0.4 is 5.73 Å². The van der Waals surface area contributed by atoms with E-state index in [2.05, 4.69) is 30.6 Å². The molecule has 1 saturated heterocycles. The van der Waals surface area contributed by atoms with E-state index in [0.29, 0.717) is 11.8 Å². The molecule has 0 spiro atoms. The van der Waals surface area contributed by atoms with E-state index in [1.807, 2.05) is 0 Å². The Morgan fingerprint density at radius 1 is 1.05 bits per heavy atom. The molecule has 4 nitrogen and oxygen atoms in total. The van der Waals surface area contributed by atoms with Crippen LogP contribution in [0, 0.1) is 11.8 Å². The molecule has 0 bridgehead atoms. The van der Waals surface area contributed by atoms with Crippen molar-refractivity contribution in [1.29, 1.82) is 0 Å². The highest BCUT2D eigenvalue weighted by atomic mass is 16.5. The smallest absolute Gasteiger partial charge is 0.0593 e. The van der Waals surface area contributed by atoms with Crippen LogP contribution in [0.15, 0.2) is 0 Å². The third-order valence-electron chi connectivity index (χ3n) is 3.66. The van der Waals surface area contributed by atoms with Crippen molar-refractivity contribution in [1.82, 2.24) is 9.80 Å². The Labute approximate surface area is 119 Å². The van der Waals surface area contributed by atoms with Gasteiger partial charge in [-0.3, -0.25) is 4.90 Å². The second-order valence-corrected chi connectivity index (χ2v) is 6.31. The molecule has 1 heterocycles. The molecule has 1 aliphatic heterocycles. The molecule has 1 fully saturated rings. The van der Waals surface area contributed by atoms with Gasteiger partial charge in [0.15, 0.2) is 0 Å². The number of nitrogens with two attached hydrogens (primary N) is 1. The fourth-order valence-corrected chi connectivity index (χ4v) is 2.46. The predicted molar refractivity (Wildman–Crippen MR) is 81.4 cm³/mol. The van der Waals surface area contributed by atoms with Crippen LogP contribution in [0.1, 0.15) is 27.2 Å². The van der Waals surface area contributed by atoms with Gasteiger partial charge < -0.3 is 15.4 Å². The summed E-state index contributed by atoms with van der Waals surface area (Å²) in [6, 6.07) is 0. The van der Waals surface area contributed by atoms with Crippen molar-refractivity contribution in [3.63, 3.8) is 0 Å². The lowest BCUT2D eigenvalue weighted by molar-refractivity contribution is 0.0861. The molecule has 4 heteroatoms. The van der Waals surface area contributed by atoms with Crippen LogP contribution in [0.3, 0.4) is 0 Å². The van der Waals surface area contributed by atoms with Crippen molar-refractivity contribution in [3.05, 3.63) is 0 Å². The van der Waals surface area contributed by atoms with Gasteiger partial charge in [0, 0.05) is 32.8 Å². The Hall–Kier alpha value is -0.160. The summed E-state index contributed by atoms with van der Waals surface area (Å²) in [5, 5.41) is 0. The standard InChI is InChI=1S/C15H33N3O/c1-14(2)13-19-10-9-17-5-4-6-18(8-7-17)12-15(3)11-16/h14-15H,4-13,16H2,1-3H3. The molecule has 0 aromatic carbocycles. The van der Waals surface area contributed by atoms with Gasteiger partial charge in [-0.05, 0) is 37.9 Å². The van der Waals surface area contributed by atoms with Crippen molar-refractivity contribution in [2.45, 2.75) is 27.2 Å². The Kier molecular flexibility index (Phi) is 8.62. The van der Waals surface area contributed by atoms with Crippen LogP contribution in [-0.4, -0.2) is 68.8 Å². The minimum Gasteiger partial charge on any atom is -0.380 e. The van der Waals surface area contributed by atoms with Gasteiger partial charge in [-0.25, -0.2) is 0 Å². The second-order valence-electron chi connectivity index (χ2n) is 6.31. The van der Waals surface area contributed by atoms with E-state index in [1.54, 1.807) is 0 Å². The van der Waals surface area contributed by atoms with Crippen LogP contribution in [0.2, 0.25) is 0 Å². The lowest BCUT2D eigenvalue weighted by Gasteiger charge is -2.24. The van der Waals surface area contributed by atoms with Crippen molar-refractivity contribution in [2.24, 2.45) is 17.6 Å². The third kappa shape index (κ3) is 7.88. The van der Waals surface area contributed by atoms with Crippen LogP contribution in [0.5, 0.6) is 0 Å². The van der Waals surface area contributed by atoms with Crippen LogP contribution >= 0.6 is 0 Å². The number of rotatable bonds is 8. The fraction of sp³-hybridized carbons (Fsp3) is 1.00.